The zero-order valence-electron chi connectivity index (χ0n) is 20.5. The smallest absolute Gasteiger partial charge is 0.231 e. The van der Waals surface area contributed by atoms with Crippen molar-refractivity contribution in [3.63, 3.8) is 0 Å². The predicted molar refractivity (Wildman–Crippen MR) is 140 cm³/mol. The van der Waals surface area contributed by atoms with Crippen LogP contribution >= 0.6 is 0 Å². The molecule has 3 aliphatic rings. The molecule has 7 rings (SSSR count). The van der Waals surface area contributed by atoms with E-state index in [9.17, 15) is 8.42 Å². The Morgan fingerprint density at radius 3 is 2.81 bits per heavy atom. The largest absolute Gasteiger partial charge is 0.378 e. The van der Waals surface area contributed by atoms with Gasteiger partial charge in [0.25, 0.3) is 0 Å². The zero-order chi connectivity index (χ0) is 25.1. The molecule has 11 nitrogen and oxygen atoms in total. The van der Waals surface area contributed by atoms with Crippen molar-refractivity contribution in [2.45, 2.75) is 6.54 Å². The molecular formula is C25H28N8O3S. The maximum atomic E-state index is 11.9. The molecule has 192 valence electrons. The van der Waals surface area contributed by atoms with Crippen molar-refractivity contribution in [3.8, 4) is 11.3 Å². The van der Waals surface area contributed by atoms with E-state index in [1.54, 1.807) is 0 Å². The zero-order valence-corrected chi connectivity index (χ0v) is 21.4. The van der Waals surface area contributed by atoms with Crippen LogP contribution in [-0.4, -0.2) is 94.4 Å². The fourth-order valence-corrected chi connectivity index (χ4v) is 6.43. The highest BCUT2D eigenvalue weighted by Crippen LogP contribution is 2.33. The van der Waals surface area contributed by atoms with Crippen molar-refractivity contribution in [1.82, 2.24) is 33.8 Å². The first-order valence-corrected chi connectivity index (χ1v) is 14.3. The molecule has 4 aromatic rings. The Morgan fingerprint density at radius 1 is 1.14 bits per heavy atom. The van der Waals surface area contributed by atoms with Crippen molar-refractivity contribution < 1.29 is 13.2 Å². The van der Waals surface area contributed by atoms with E-state index in [2.05, 4.69) is 36.7 Å². The van der Waals surface area contributed by atoms with Gasteiger partial charge in [0.2, 0.25) is 10.0 Å². The van der Waals surface area contributed by atoms with Gasteiger partial charge >= 0.3 is 0 Å². The van der Waals surface area contributed by atoms with E-state index in [1.807, 2.05) is 30.7 Å². The van der Waals surface area contributed by atoms with Crippen LogP contribution in [-0.2, 0) is 21.3 Å². The number of hydrogen-bond donors (Lipinski definition) is 1. The maximum absolute atomic E-state index is 11.9. The summed E-state index contributed by atoms with van der Waals surface area (Å²) in [6.45, 7) is 5.68. The number of benzene rings is 1. The van der Waals surface area contributed by atoms with Gasteiger partial charge in [0, 0.05) is 74.7 Å². The van der Waals surface area contributed by atoms with Crippen molar-refractivity contribution in [2.75, 3.05) is 57.1 Å². The molecule has 0 radical (unpaired) electrons. The normalized spacial score (nSPS) is 20.8. The molecule has 3 aromatic heterocycles. The molecule has 1 atom stereocenters. The highest BCUT2D eigenvalue weighted by atomic mass is 32.2. The van der Waals surface area contributed by atoms with Gasteiger partial charge in [0.05, 0.1) is 42.6 Å². The van der Waals surface area contributed by atoms with Gasteiger partial charge in [-0.1, -0.05) is 12.1 Å². The summed E-state index contributed by atoms with van der Waals surface area (Å²) in [5.74, 6) is 1.11. The average molecular weight is 521 g/mol. The van der Waals surface area contributed by atoms with E-state index >= 15 is 0 Å². The SMILES string of the molecule is CS(=O)(=O)N1C=C2CN(Cc3cn4cc(-c5cccc6[nH]ncc56)nc(N5CCOCC5)c4n3)CC2C1. The second-order valence-corrected chi connectivity index (χ2v) is 12.0. The van der Waals surface area contributed by atoms with Gasteiger partial charge in [-0.25, -0.2) is 18.4 Å². The fourth-order valence-electron chi connectivity index (χ4n) is 5.66. The molecule has 2 saturated heterocycles. The lowest BCUT2D eigenvalue weighted by Crippen LogP contribution is -2.37. The van der Waals surface area contributed by atoms with Crippen molar-refractivity contribution in [3.05, 3.63) is 54.3 Å². The first-order chi connectivity index (χ1) is 17.9. The van der Waals surface area contributed by atoms with Crippen LogP contribution in [0.5, 0.6) is 0 Å². The second-order valence-electron chi connectivity index (χ2n) is 10.1. The lowest BCUT2D eigenvalue weighted by atomic mass is 10.1. The third kappa shape index (κ3) is 4.05. The summed E-state index contributed by atoms with van der Waals surface area (Å²) >= 11 is 0. The molecule has 12 heteroatoms. The van der Waals surface area contributed by atoms with E-state index in [4.69, 9.17) is 14.7 Å². The van der Waals surface area contributed by atoms with Gasteiger partial charge in [0.15, 0.2) is 11.5 Å². The number of aromatic nitrogens is 5. The molecule has 0 spiro atoms. The Balaban J connectivity index is 1.23. The monoisotopic (exact) mass is 520 g/mol. The lowest BCUT2D eigenvalue weighted by molar-refractivity contribution is 0.122. The quantitative estimate of drug-likeness (QED) is 0.423. The number of rotatable bonds is 5. The van der Waals surface area contributed by atoms with Crippen LogP contribution in [0.25, 0.3) is 27.8 Å². The number of morpholine rings is 1. The number of ether oxygens (including phenoxy) is 1. The third-order valence-electron chi connectivity index (χ3n) is 7.47. The van der Waals surface area contributed by atoms with Crippen LogP contribution in [0, 0.1) is 5.92 Å². The van der Waals surface area contributed by atoms with Gasteiger partial charge < -0.3 is 14.0 Å². The number of likely N-dealkylation sites (tertiary alicyclic amines) is 1. The van der Waals surface area contributed by atoms with Crippen molar-refractivity contribution >= 4 is 32.4 Å². The maximum Gasteiger partial charge on any atom is 0.231 e. The first-order valence-electron chi connectivity index (χ1n) is 12.5. The van der Waals surface area contributed by atoms with Crippen LogP contribution in [0.1, 0.15) is 5.69 Å². The third-order valence-corrected chi connectivity index (χ3v) is 8.58. The minimum Gasteiger partial charge on any atom is -0.378 e. The summed E-state index contributed by atoms with van der Waals surface area (Å²) in [5, 5.41) is 8.30. The van der Waals surface area contributed by atoms with Crippen LogP contribution in [0.15, 0.2) is 48.6 Å². The number of anilines is 1. The van der Waals surface area contributed by atoms with Gasteiger partial charge in [0.1, 0.15) is 0 Å². The highest BCUT2D eigenvalue weighted by molar-refractivity contribution is 7.88. The summed E-state index contributed by atoms with van der Waals surface area (Å²) < 4.78 is 33.0. The van der Waals surface area contributed by atoms with Gasteiger partial charge in [-0.2, -0.15) is 5.10 Å². The Labute approximate surface area is 214 Å². The van der Waals surface area contributed by atoms with Crippen LogP contribution in [0.3, 0.4) is 0 Å². The molecule has 0 amide bonds. The molecule has 1 N–H and O–H groups in total. The molecule has 0 aliphatic carbocycles. The molecular weight excluding hydrogens is 492 g/mol. The standard InChI is InChI=1S/C25H28N8O3S/c1-37(34,35)33-12-17-10-30(11-18(17)13-33)14-19-15-32-16-23(20-3-2-4-22-21(20)9-26-29-22)28-25(24(32)27-19)31-5-7-36-8-6-31/h2-4,9,12,15-16,18H,5-8,10-11,13-14H2,1H3,(H,26,29). The molecule has 6 heterocycles. The minimum atomic E-state index is -3.19. The van der Waals surface area contributed by atoms with Gasteiger partial charge in [-0.05, 0) is 11.6 Å². The van der Waals surface area contributed by atoms with Gasteiger partial charge in [-0.3, -0.25) is 14.3 Å². The average Bonchev–Trinajstić information content (AvgIpc) is 3.65. The van der Waals surface area contributed by atoms with E-state index < -0.39 is 10.0 Å². The molecule has 1 unspecified atom stereocenters. The molecule has 0 saturated carbocycles. The molecule has 2 fully saturated rings. The number of imidazole rings is 1. The van der Waals surface area contributed by atoms with E-state index in [1.165, 1.54) is 16.1 Å². The molecule has 1 aromatic carbocycles. The summed E-state index contributed by atoms with van der Waals surface area (Å²) in [6.07, 6.45) is 9.05. The first kappa shape index (κ1) is 22.7. The van der Waals surface area contributed by atoms with Crippen LogP contribution < -0.4 is 4.90 Å². The van der Waals surface area contributed by atoms with E-state index in [0.717, 1.165) is 65.5 Å². The number of sulfonamides is 1. The number of fused-ring (bicyclic) bond motifs is 3. The number of hydrogen-bond acceptors (Lipinski definition) is 8. The van der Waals surface area contributed by atoms with E-state index in [0.29, 0.717) is 26.3 Å². The van der Waals surface area contributed by atoms with E-state index in [-0.39, 0.29) is 5.92 Å². The Morgan fingerprint density at radius 2 is 2.00 bits per heavy atom. The fraction of sp³-hybridized carbons (Fsp3) is 0.400. The van der Waals surface area contributed by atoms with Crippen molar-refractivity contribution in [1.29, 1.82) is 0 Å². The number of nitrogens with zero attached hydrogens (tertiary/aromatic N) is 7. The molecule has 3 aliphatic heterocycles. The minimum absolute atomic E-state index is 0.249. The predicted octanol–water partition coefficient (Wildman–Crippen LogP) is 1.70. The Bertz CT molecular complexity index is 1640. The summed E-state index contributed by atoms with van der Waals surface area (Å²) in [4.78, 5) is 14.7. The topological polar surface area (TPSA) is 112 Å². The second kappa shape index (κ2) is 8.54. The number of nitrogens with one attached hydrogen (secondary N) is 1. The Kier molecular flexibility index (Phi) is 5.24. The summed E-state index contributed by atoms with van der Waals surface area (Å²) in [7, 11) is -3.19. The number of H-pyrrole nitrogens is 1. The van der Waals surface area contributed by atoms with Crippen LogP contribution in [0.2, 0.25) is 0 Å². The number of aromatic amines is 1. The Hall–Kier alpha value is -3.48. The molecule has 37 heavy (non-hydrogen) atoms. The summed E-state index contributed by atoms with van der Waals surface area (Å²) in [5.41, 5.74) is 5.85. The molecule has 0 bridgehead atoms. The lowest BCUT2D eigenvalue weighted by Gasteiger charge is -2.28. The highest BCUT2D eigenvalue weighted by Gasteiger charge is 2.36. The van der Waals surface area contributed by atoms with Gasteiger partial charge in [-0.15, -0.1) is 0 Å². The van der Waals surface area contributed by atoms with Crippen molar-refractivity contribution in [2.24, 2.45) is 5.92 Å². The van der Waals surface area contributed by atoms with Crippen LogP contribution in [0.4, 0.5) is 5.82 Å². The summed E-state index contributed by atoms with van der Waals surface area (Å²) in [6, 6.07) is 6.10.